The van der Waals surface area contributed by atoms with Crippen LogP contribution in [0.15, 0.2) is 24.4 Å². The van der Waals surface area contributed by atoms with Crippen molar-refractivity contribution in [2.45, 2.75) is 20.3 Å². The number of fused-ring (bicyclic) bond motifs is 1. The zero-order chi connectivity index (χ0) is 14.5. The van der Waals surface area contributed by atoms with Gasteiger partial charge in [-0.1, -0.05) is 0 Å². The van der Waals surface area contributed by atoms with E-state index in [9.17, 15) is 4.79 Å². The van der Waals surface area contributed by atoms with E-state index in [-0.39, 0.29) is 6.09 Å². The lowest BCUT2D eigenvalue weighted by Gasteiger charge is -2.20. The van der Waals surface area contributed by atoms with Gasteiger partial charge in [-0.3, -0.25) is 4.90 Å². The van der Waals surface area contributed by atoms with Gasteiger partial charge in [0, 0.05) is 29.3 Å². The van der Waals surface area contributed by atoms with Crippen LogP contribution in [0.5, 0.6) is 0 Å². The fraction of sp³-hybridized carbons (Fsp3) is 0.400. The van der Waals surface area contributed by atoms with Crippen LogP contribution in [0.2, 0.25) is 0 Å². The number of anilines is 1. The molecule has 0 spiro atoms. The molecule has 0 saturated carbocycles. The molecule has 0 unspecified atom stereocenters. The average Bonchev–Trinajstić information content (AvgIpc) is 2.83. The Kier molecular flexibility index (Phi) is 4.63. The molecule has 1 aromatic heterocycles. The molecular weight excluding hydrogens is 254 g/mol. The van der Waals surface area contributed by atoms with Crippen molar-refractivity contribution in [3.8, 4) is 0 Å². The van der Waals surface area contributed by atoms with Gasteiger partial charge < -0.3 is 15.5 Å². The first-order valence-electron chi connectivity index (χ1n) is 6.95. The molecular formula is C15H21N3O2. The minimum Gasteiger partial charge on any atom is -0.449 e. The van der Waals surface area contributed by atoms with E-state index in [1.54, 1.807) is 11.8 Å². The first kappa shape index (κ1) is 14.4. The smallest absolute Gasteiger partial charge is 0.414 e. The second kappa shape index (κ2) is 6.43. The number of nitrogens with zero attached hydrogens (tertiary/aromatic N) is 1. The van der Waals surface area contributed by atoms with Gasteiger partial charge in [-0.05, 0) is 50.6 Å². The van der Waals surface area contributed by atoms with Crippen molar-refractivity contribution in [3.05, 3.63) is 30.0 Å². The second-order valence-corrected chi connectivity index (χ2v) is 4.53. The van der Waals surface area contributed by atoms with Gasteiger partial charge in [0.25, 0.3) is 0 Å². The summed E-state index contributed by atoms with van der Waals surface area (Å²) in [5, 5.41) is 1.11. The highest BCUT2D eigenvalue weighted by atomic mass is 16.6. The molecule has 1 heterocycles. The lowest BCUT2D eigenvalue weighted by molar-refractivity contribution is 0.160. The minimum atomic E-state index is -0.315. The fourth-order valence-corrected chi connectivity index (χ4v) is 2.32. The summed E-state index contributed by atoms with van der Waals surface area (Å²) in [6.07, 6.45) is 2.47. The van der Waals surface area contributed by atoms with Gasteiger partial charge in [0.05, 0.1) is 6.61 Å². The summed E-state index contributed by atoms with van der Waals surface area (Å²) in [6, 6.07) is 5.91. The number of carbonyl (C=O) groups excluding carboxylic acids is 1. The van der Waals surface area contributed by atoms with Gasteiger partial charge in [0.2, 0.25) is 0 Å². The molecule has 0 atom stereocenters. The summed E-state index contributed by atoms with van der Waals surface area (Å²) >= 11 is 0. The number of nitrogens with two attached hydrogens (primary N) is 1. The Hall–Kier alpha value is -2.01. The lowest BCUT2D eigenvalue weighted by atomic mass is 10.1. The van der Waals surface area contributed by atoms with E-state index >= 15 is 0 Å². The maximum atomic E-state index is 11.9. The molecule has 2 rings (SSSR count). The molecule has 3 N–H and O–H groups in total. The molecule has 1 aromatic carbocycles. The van der Waals surface area contributed by atoms with Crippen LogP contribution >= 0.6 is 0 Å². The molecule has 108 valence electrons. The van der Waals surface area contributed by atoms with Crippen LogP contribution in [-0.4, -0.2) is 30.8 Å². The van der Waals surface area contributed by atoms with Gasteiger partial charge in [-0.15, -0.1) is 0 Å². The summed E-state index contributed by atoms with van der Waals surface area (Å²) < 4.78 is 5.08. The van der Waals surface area contributed by atoms with Crippen LogP contribution in [0.25, 0.3) is 10.9 Å². The van der Waals surface area contributed by atoms with Crippen molar-refractivity contribution in [2.75, 3.05) is 24.6 Å². The van der Waals surface area contributed by atoms with Crippen LogP contribution in [0, 0.1) is 0 Å². The van der Waals surface area contributed by atoms with E-state index in [0.717, 1.165) is 23.0 Å². The number of aromatic amines is 1. The van der Waals surface area contributed by atoms with Gasteiger partial charge >= 0.3 is 6.09 Å². The number of H-pyrrole nitrogens is 1. The number of rotatable bonds is 5. The Morgan fingerprint density at radius 1 is 1.40 bits per heavy atom. The number of aromatic nitrogens is 1. The van der Waals surface area contributed by atoms with Crippen LogP contribution in [0.1, 0.15) is 19.4 Å². The molecule has 0 aliphatic heterocycles. The zero-order valence-electron chi connectivity index (χ0n) is 12.0. The number of benzene rings is 1. The number of hydrogen-bond acceptors (Lipinski definition) is 3. The average molecular weight is 275 g/mol. The standard InChI is InChI=1S/C15H21N3O2/c1-3-18(15(19)20-4-2)12-5-6-14-13(9-12)11(7-8-16)10-17-14/h5-6,9-10,17H,3-4,7-8,16H2,1-2H3. The van der Waals surface area contributed by atoms with Gasteiger partial charge in [-0.2, -0.15) is 0 Å². The van der Waals surface area contributed by atoms with Crippen molar-refractivity contribution < 1.29 is 9.53 Å². The SMILES string of the molecule is CCOC(=O)N(CC)c1ccc2[nH]cc(CCN)c2c1. The van der Waals surface area contributed by atoms with E-state index in [1.165, 1.54) is 5.56 Å². The van der Waals surface area contributed by atoms with Crippen molar-refractivity contribution in [1.29, 1.82) is 0 Å². The maximum Gasteiger partial charge on any atom is 0.414 e. The van der Waals surface area contributed by atoms with Gasteiger partial charge in [0.1, 0.15) is 0 Å². The Morgan fingerprint density at radius 2 is 2.20 bits per heavy atom. The van der Waals surface area contributed by atoms with Crippen molar-refractivity contribution in [1.82, 2.24) is 4.98 Å². The summed E-state index contributed by atoms with van der Waals surface area (Å²) in [5.74, 6) is 0. The van der Waals surface area contributed by atoms with E-state index in [2.05, 4.69) is 4.98 Å². The predicted molar refractivity (Wildman–Crippen MR) is 81.1 cm³/mol. The number of ether oxygens (including phenoxy) is 1. The Bertz CT molecular complexity index is 592. The first-order chi connectivity index (χ1) is 9.71. The Labute approximate surface area is 118 Å². The Morgan fingerprint density at radius 3 is 2.85 bits per heavy atom. The maximum absolute atomic E-state index is 11.9. The van der Waals surface area contributed by atoms with Gasteiger partial charge in [0.15, 0.2) is 0 Å². The Balaban J connectivity index is 2.37. The quantitative estimate of drug-likeness (QED) is 0.881. The highest BCUT2D eigenvalue weighted by molar-refractivity contribution is 5.93. The third-order valence-corrected chi connectivity index (χ3v) is 3.28. The molecule has 20 heavy (non-hydrogen) atoms. The minimum absolute atomic E-state index is 0.315. The van der Waals surface area contributed by atoms with E-state index < -0.39 is 0 Å². The van der Waals surface area contributed by atoms with Crippen LogP contribution in [-0.2, 0) is 11.2 Å². The van der Waals surface area contributed by atoms with E-state index in [0.29, 0.717) is 19.7 Å². The van der Waals surface area contributed by atoms with E-state index in [1.807, 2.05) is 31.3 Å². The lowest BCUT2D eigenvalue weighted by Crippen LogP contribution is -2.31. The number of nitrogens with one attached hydrogen (secondary N) is 1. The predicted octanol–water partition coefficient (Wildman–Crippen LogP) is 2.65. The van der Waals surface area contributed by atoms with E-state index in [4.69, 9.17) is 10.5 Å². The molecule has 5 nitrogen and oxygen atoms in total. The molecule has 1 amide bonds. The van der Waals surface area contributed by atoms with Crippen LogP contribution < -0.4 is 10.6 Å². The van der Waals surface area contributed by atoms with Crippen molar-refractivity contribution in [2.24, 2.45) is 5.73 Å². The molecule has 0 saturated heterocycles. The fourth-order valence-electron chi connectivity index (χ4n) is 2.32. The summed E-state index contributed by atoms with van der Waals surface area (Å²) in [5.41, 5.74) is 8.69. The number of hydrogen-bond donors (Lipinski definition) is 2. The first-order valence-corrected chi connectivity index (χ1v) is 6.95. The summed E-state index contributed by atoms with van der Waals surface area (Å²) in [6.45, 7) is 5.28. The summed E-state index contributed by atoms with van der Waals surface area (Å²) in [7, 11) is 0. The third-order valence-electron chi connectivity index (χ3n) is 3.28. The highest BCUT2D eigenvalue weighted by Crippen LogP contribution is 2.25. The number of carbonyl (C=O) groups is 1. The van der Waals surface area contributed by atoms with Crippen LogP contribution in [0.4, 0.5) is 10.5 Å². The van der Waals surface area contributed by atoms with Crippen molar-refractivity contribution in [3.63, 3.8) is 0 Å². The monoisotopic (exact) mass is 275 g/mol. The normalized spacial score (nSPS) is 10.8. The molecule has 0 bridgehead atoms. The highest BCUT2D eigenvalue weighted by Gasteiger charge is 2.15. The molecule has 0 fully saturated rings. The molecule has 0 radical (unpaired) electrons. The molecule has 0 aliphatic rings. The summed E-state index contributed by atoms with van der Waals surface area (Å²) in [4.78, 5) is 16.8. The van der Waals surface area contributed by atoms with Crippen LogP contribution in [0.3, 0.4) is 0 Å². The molecule has 5 heteroatoms. The topological polar surface area (TPSA) is 71.3 Å². The van der Waals surface area contributed by atoms with Gasteiger partial charge in [-0.25, -0.2) is 4.79 Å². The van der Waals surface area contributed by atoms with Crippen molar-refractivity contribution >= 4 is 22.7 Å². The molecule has 0 aliphatic carbocycles. The number of amides is 1. The molecule has 2 aromatic rings. The zero-order valence-corrected chi connectivity index (χ0v) is 12.0. The second-order valence-electron chi connectivity index (χ2n) is 4.53. The third kappa shape index (κ3) is 2.77. The largest absolute Gasteiger partial charge is 0.449 e.